The van der Waals surface area contributed by atoms with Crippen molar-refractivity contribution in [3.63, 3.8) is 0 Å². The molecule has 0 aliphatic rings. The van der Waals surface area contributed by atoms with E-state index >= 15 is 0 Å². The molecule has 3 N–H and O–H groups in total. The Labute approximate surface area is 140 Å². The second kappa shape index (κ2) is 8.13. The highest BCUT2D eigenvalue weighted by molar-refractivity contribution is 9.10. The number of benzene rings is 1. The van der Waals surface area contributed by atoms with Crippen molar-refractivity contribution < 1.29 is 4.79 Å². The summed E-state index contributed by atoms with van der Waals surface area (Å²) in [6.07, 6.45) is 0. The van der Waals surface area contributed by atoms with Gasteiger partial charge in [-0.15, -0.1) is 0 Å². The van der Waals surface area contributed by atoms with Gasteiger partial charge in [0, 0.05) is 22.6 Å². The number of likely N-dealkylation sites (N-methyl/N-ethyl adjacent to an activating group) is 1. The molecule has 1 unspecified atom stereocenters. The second-order valence-electron chi connectivity index (χ2n) is 5.07. The molecule has 118 valence electrons. The van der Waals surface area contributed by atoms with Gasteiger partial charge in [0.1, 0.15) is 5.54 Å². The molecule has 1 aromatic carbocycles. The largest absolute Gasteiger partial charge is 0.368 e. The van der Waals surface area contributed by atoms with Gasteiger partial charge in [0.15, 0.2) is 0 Å². The fraction of sp³-hybridized carbons (Fsp3) is 0.533. The maximum Gasteiger partial charge on any atom is 0.242 e. The lowest BCUT2D eigenvalue weighted by molar-refractivity contribution is -0.124. The Morgan fingerprint density at radius 1 is 1.43 bits per heavy atom. The summed E-state index contributed by atoms with van der Waals surface area (Å²) in [6, 6.07) is 5.44. The third-order valence-corrected chi connectivity index (χ3v) is 4.57. The molecule has 0 radical (unpaired) electrons. The molecule has 0 saturated carbocycles. The molecule has 0 aromatic heterocycles. The van der Waals surface area contributed by atoms with E-state index in [0.717, 1.165) is 24.1 Å². The zero-order valence-corrected chi connectivity index (χ0v) is 15.1. The average molecular weight is 377 g/mol. The second-order valence-corrected chi connectivity index (χ2v) is 6.39. The number of amides is 1. The molecule has 0 spiro atoms. The van der Waals surface area contributed by atoms with Gasteiger partial charge < -0.3 is 10.6 Å². The summed E-state index contributed by atoms with van der Waals surface area (Å²) in [7, 11) is 0. The van der Waals surface area contributed by atoms with Crippen LogP contribution >= 0.6 is 27.5 Å². The lowest BCUT2D eigenvalue weighted by Crippen LogP contribution is -2.52. The van der Waals surface area contributed by atoms with Crippen LogP contribution in [0.3, 0.4) is 0 Å². The Morgan fingerprint density at radius 3 is 2.52 bits per heavy atom. The van der Waals surface area contributed by atoms with Crippen LogP contribution in [0.15, 0.2) is 22.7 Å². The summed E-state index contributed by atoms with van der Waals surface area (Å²) >= 11 is 9.63. The molecule has 0 aliphatic carbocycles. The number of nitrogens with zero attached hydrogens (tertiary/aromatic N) is 1. The third kappa shape index (κ3) is 4.68. The van der Waals surface area contributed by atoms with Crippen LogP contribution in [0.2, 0.25) is 5.02 Å². The molecule has 0 fully saturated rings. The van der Waals surface area contributed by atoms with E-state index in [2.05, 4.69) is 40.0 Å². The number of rotatable bonds is 8. The Hall–Kier alpha value is -0.620. The zero-order valence-electron chi connectivity index (χ0n) is 12.7. The molecule has 21 heavy (non-hydrogen) atoms. The van der Waals surface area contributed by atoms with Crippen molar-refractivity contribution >= 4 is 33.4 Å². The lowest BCUT2D eigenvalue weighted by Gasteiger charge is -2.30. The van der Waals surface area contributed by atoms with Crippen LogP contribution < -0.4 is 11.1 Å². The highest BCUT2D eigenvalue weighted by Gasteiger charge is 2.34. The van der Waals surface area contributed by atoms with E-state index in [-0.39, 0.29) is 0 Å². The molecule has 1 aromatic rings. The van der Waals surface area contributed by atoms with Crippen LogP contribution in [0.5, 0.6) is 0 Å². The molecular formula is C15H23BrClN3O. The van der Waals surface area contributed by atoms with Gasteiger partial charge in [-0.25, -0.2) is 0 Å². The minimum absolute atomic E-state index is 0.439. The number of carbonyl (C=O) groups excluding carboxylic acids is 1. The van der Waals surface area contributed by atoms with Gasteiger partial charge in [0.25, 0.3) is 0 Å². The maximum atomic E-state index is 11.9. The molecule has 1 amide bonds. The monoisotopic (exact) mass is 375 g/mol. The number of carbonyl (C=O) groups is 1. The standard InChI is InChI=1S/C15H23BrClN3O/c1-4-20(5-2)9-8-19-15(3,14(18)21)12-7-6-11(16)10-13(12)17/h6-7,10,19H,4-5,8-9H2,1-3H3,(H2,18,21). The molecule has 4 nitrogen and oxygen atoms in total. The van der Waals surface area contributed by atoms with Gasteiger partial charge in [-0.2, -0.15) is 0 Å². The van der Waals surface area contributed by atoms with Crippen molar-refractivity contribution in [2.75, 3.05) is 26.2 Å². The van der Waals surface area contributed by atoms with E-state index in [9.17, 15) is 4.79 Å². The Morgan fingerprint density at radius 2 is 2.05 bits per heavy atom. The number of hydrogen-bond acceptors (Lipinski definition) is 3. The topological polar surface area (TPSA) is 58.4 Å². The van der Waals surface area contributed by atoms with E-state index < -0.39 is 11.4 Å². The van der Waals surface area contributed by atoms with Crippen molar-refractivity contribution in [3.05, 3.63) is 33.3 Å². The maximum absolute atomic E-state index is 11.9. The average Bonchev–Trinajstić information content (AvgIpc) is 2.43. The summed E-state index contributed by atoms with van der Waals surface area (Å²) < 4.78 is 0.867. The number of hydrogen-bond donors (Lipinski definition) is 2. The first-order chi connectivity index (χ1) is 9.85. The van der Waals surface area contributed by atoms with Gasteiger partial charge in [-0.05, 0) is 37.7 Å². The lowest BCUT2D eigenvalue weighted by atomic mass is 9.91. The molecule has 0 saturated heterocycles. The number of nitrogens with one attached hydrogen (secondary N) is 1. The molecule has 0 aliphatic heterocycles. The molecule has 1 atom stereocenters. The first-order valence-corrected chi connectivity index (χ1v) is 8.25. The smallest absolute Gasteiger partial charge is 0.242 e. The number of halogens is 2. The molecule has 0 bridgehead atoms. The van der Waals surface area contributed by atoms with Gasteiger partial charge in [0.05, 0.1) is 0 Å². The Balaban J connectivity index is 2.90. The van der Waals surface area contributed by atoms with Gasteiger partial charge in [-0.3, -0.25) is 10.1 Å². The third-order valence-electron chi connectivity index (χ3n) is 3.76. The van der Waals surface area contributed by atoms with E-state index in [1.54, 1.807) is 13.0 Å². The zero-order chi connectivity index (χ0) is 16.0. The molecule has 6 heteroatoms. The highest BCUT2D eigenvalue weighted by atomic mass is 79.9. The summed E-state index contributed by atoms with van der Waals surface area (Å²) in [5.74, 6) is -0.439. The van der Waals surface area contributed by atoms with Crippen LogP contribution in [0.4, 0.5) is 0 Å². The fourth-order valence-electron chi connectivity index (χ4n) is 2.21. The molecule has 0 heterocycles. The number of nitrogens with two attached hydrogens (primary N) is 1. The van der Waals surface area contributed by atoms with Gasteiger partial charge in [-0.1, -0.05) is 47.4 Å². The molecule has 1 rings (SSSR count). The van der Waals surface area contributed by atoms with Gasteiger partial charge in [0.2, 0.25) is 5.91 Å². The van der Waals surface area contributed by atoms with Crippen molar-refractivity contribution in [1.29, 1.82) is 0 Å². The summed E-state index contributed by atoms with van der Waals surface area (Å²) in [5, 5.41) is 3.77. The SMILES string of the molecule is CCN(CC)CCNC(C)(C(N)=O)c1ccc(Br)cc1Cl. The summed E-state index contributed by atoms with van der Waals surface area (Å²) in [4.78, 5) is 14.2. The number of primary amides is 1. The van der Waals surface area contributed by atoms with E-state index in [1.807, 2.05) is 12.1 Å². The normalized spacial score (nSPS) is 14.2. The minimum atomic E-state index is -0.981. The first-order valence-electron chi connectivity index (χ1n) is 7.08. The van der Waals surface area contributed by atoms with Crippen molar-refractivity contribution in [3.8, 4) is 0 Å². The van der Waals surface area contributed by atoms with E-state index in [1.165, 1.54) is 0 Å². The van der Waals surface area contributed by atoms with Crippen LogP contribution in [0.1, 0.15) is 26.3 Å². The van der Waals surface area contributed by atoms with E-state index in [4.69, 9.17) is 17.3 Å². The van der Waals surface area contributed by atoms with Crippen molar-refractivity contribution in [2.45, 2.75) is 26.3 Å². The first kappa shape index (κ1) is 18.4. The highest BCUT2D eigenvalue weighted by Crippen LogP contribution is 2.30. The van der Waals surface area contributed by atoms with Crippen LogP contribution in [0.25, 0.3) is 0 Å². The predicted molar refractivity (Wildman–Crippen MR) is 91.5 cm³/mol. The Bertz CT molecular complexity index is 494. The van der Waals surface area contributed by atoms with Crippen molar-refractivity contribution in [2.24, 2.45) is 5.73 Å². The predicted octanol–water partition coefficient (Wildman–Crippen LogP) is 2.73. The Kier molecular flexibility index (Phi) is 7.13. The van der Waals surface area contributed by atoms with Crippen LogP contribution in [-0.2, 0) is 10.3 Å². The summed E-state index contributed by atoms with van der Waals surface area (Å²) in [5.41, 5.74) is 5.32. The summed E-state index contributed by atoms with van der Waals surface area (Å²) in [6.45, 7) is 9.46. The minimum Gasteiger partial charge on any atom is -0.368 e. The fourth-order valence-corrected chi connectivity index (χ4v) is 3.08. The van der Waals surface area contributed by atoms with Crippen molar-refractivity contribution in [1.82, 2.24) is 10.2 Å². The quantitative estimate of drug-likeness (QED) is 0.733. The van der Waals surface area contributed by atoms with E-state index in [0.29, 0.717) is 17.1 Å². The van der Waals surface area contributed by atoms with Crippen LogP contribution in [-0.4, -0.2) is 37.0 Å². The van der Waals surface area contributed by atoms with Gasteiger partial charge >= 0.3 is 0 Å². The van der Waals surface area contributed by atoms with Crippen LogP contribution in [0, 0.1) is 0 Å². The molecular weight excluding hydrogens is 354 g/mol.